The molecule has 3 aromatic rings. The molecule has 0 aliphatic heterocycles. The van der Waals surface area contributed by atoms with Crippen molar-refractivity contribution in [1.82, 2.24) is 14.8 Å². The van der Waals surface area contributed by atoms with Crippen molar-refractivity contribution < 1.29 is 9.47 Å². The fourth-order valence-corrected chi connectivity index (χ4v) is 3.95. The molecular formula is C20H21Cl2N3O2S. The van der Waals surface area contributed by atoms with E-state index in [1.165, 1.54) is 0 Å². The van der Waals surface area contributed by atoms with Gasteiger partial charge in [0.05, 0.1) is 17.2 Å². The third-order valence-electron chi connectivity index (χ3n) is 4.14. The van der Waals surface area contributed by atoms with Crippen LogP contribution in [0, 0.1) is 6.92 Å². The maximum atomic E-state index is 6.09. The van der Waals surface area contributed by atoms with E-state index in [0.29, 0.717) is 28.2 Å². The van der Waals surface area contributed by atoms with Crippen LogP contribution in [0.4, 0.5) is 0 Å². The van der Waals surface area contributed by atoms with E-state index in [0.717, 1.165) is 34.4 Å². The largest absolute Gasteiger partial charge is 0.493 e. The van der Waals surface area contributed by atoms with Gasteiger partial charge in [0.25, 0.3) is 0 Å². The molecule has 0 aliphatic carbocycles. The van der Waals surface area contributed by atoms with Crippen molar-refractivity contribution in [3.63, 3.8) is 0 Å². The highest BCUT2D eigenvalue weighted by atomic mass is 35.5. The van der Waals surface area contributed by atoms with Gasteiger partial charge in [0.15, 0.2) is 22.5 Å². The molecule has 0 aliphatic rings. The molecular weight excluding hydrogens is 417 g/mol. The zero-order valence-corrected chi connectivity index (χ0v) is 18.2. The number of hydrogen-bond acceptors (Lipinski definition) is 5. The van der Waals surface area contributed by atoms with E-state index >= 15 is 0 Å². The molecule has 0 spiro atoms. The Morgan fingerprint density at radius 3 is 2.57 bits per heavy atom. The second-order valence-electron chi connectivity index (χ2n) is 6.12. The van der Waals surface area contributed by atoms with Crippen LogP contribution in [-0.2, 0) is 18.9 Å². The van der Waals surface area contributed by atoms with Crippen molar-refractivity contribution in [2.45, 2.75) is 37.9 Å². The van der Waals surface area contributed by atoms with E-state index < -0.39 is 0 Å². The molecule has 28 heavy (non-hydrogen) atoms. The van der Waals surface area contributed by atoms with E-state index in [4.69, 9.17) is 32.7 Å². The van der Waals surface area contributed by atoms with Gasteiger partial charge in [-0.1, -0.05) is 47.1 Å². The second-order valence-corrected chi connectivity index (χ2v) is 7.88. The van der Waals surface area contributed by atoms with Gasteiger partial charge < -0.3 is 14.0 Å². The zero-order chi connectivity index (χ0) is 20.1. The van der Waals surface area contributed by atoms with Gasteiger partial charge in [-0.3, -0.25) is 0 Å². The highest BCUT2D eigenvalue weighted by molar-refractivity contribution is 7.98. The van der Waals surface area contributed by atoms with Crippen LogP contribution in [0.5, 0.6) is 11.5 Å². The number of nitrogens with zero attached hydrogens (tertiary/aromatic N) is 3. The fourth-order valence-electron chi connectivity index (χ4n) is 2.66. The number of hydrogen-bond donors (Lipinski definition) is 0. The van der Waals surface area contributed by atoms with Gasteiger partial charge in [0.1, 0.15) is 6.61 Å². The average Bonchev–Trinajstić information content (AvgIpc) is 3.09. The lowest BCUT2D eigenvalue weighted by Crippen LogP contribution is -2.07. The first-order valence-electron chi connectivity index (χ1n) is 8.78. The van der Waals surface area contributed by atoms with Crippen molar-refractivity contribution in [2.75, 3.05) is 7.11 Å². The van der Waals surface area contributed by atoms with Crippen molar-refractivity contribution in [1.29, 1.82) is 0 Å². The van der Waals surface area contributed by atoms with Gasteiger partial charge in [-0.15, -0.1) is 10.2 Å². The van der Waals surface area contributed by atoms with E-state index in [2.05, 4.69) is 17.1 Å². The summed E-state index contributed by atoms with van der Waals surface area (Å²) in [6, 6.07) is 11.5. The van der Waals surface area contributed by atoms with Crippen molar-refractivity contribution >= 4 is 35.0 Å². The summed E-state index contributed by atoms with van der Waals surface area (Å²) in [7, 11) is 1.63. The molecule has 0 fully saturated rings. The topological polar surface area (TPSA) is 49.2 Å². The number of methoxy groups -OCH3 is 1. The number of thioether (sulfide) groups is 1. The lowest BCUT2D eigenvalue weighted by atomic mass is 10.2. The predicted octanol–water partition coefficient (Wildman–Crippen LogP) is 5.79. The number of rotatable bonds is 8. The molecule has 8 heteroatoms. The average molecular weight is 438 g/mol. The Morgan fingerprint density at radius 1 is 1.04 bits per heavy atom. The first kappa shape index (κ1) is 20.8. The van der Waals surface area contributed by atoms with Crippen molar-refractivity contribution in [3.05, 3.63) is 63.4 Å². The Bertz CT molecular complexity index is 963. The lowest BCUT2D eigenvalue weighted by Gasteiger charge is -2.12. The Hall–Kier alpha value is -1.89. The number of benzene rings is 2. The van der Waals surface area contributed by atoms with Crippen LogP contribution < -0.4 is 9.47 Å². The van der Waals surface area contributed by atoms with Crippen LogP contribution in [0.1, 0.15) is 23.9 Å². The normalized spacial score (nSPS) is 10.9. The molecule has 0 bridgehead atoms. The summed E-state index contributed by atoms with van der Waals surface area (Å²) in [4.78, 5) is 0. The second kappa shape index (κ2) is 9.54. The van der Waals surface area contributed by atoms with Crippen LogP contribution in [-0.4, -0.2) is 21.9 Å². The summed E-state index contributed by atoms with van der Waals surface area (Å²) in [6.07, 6.45) is 0. The monoisotopic (exact) mass is 437 g/mol. The summed E-state index contributed by atoms with van der Waals surface area (Å²) < 4.78 is 13.4. The lowest BCUT2D eigenvalue weighted by molar-refractivity contribution is 0.270. The van der Waals surface area contributed by atoms with Gasteiger partial charge in [-0.2, -0.15) is 0 Å². The van der Waals surface area contributed by atoms with E-state index in [1.807, 2.05) is 41.8 Å². The molecule has 0 saturated carbocycles. The number of halogens is 2. The van der Waals surface area contributed by atoms with E-state index in [9.17, 15) is 0 Å². The third-order valence-corrected chi connectivity index (χ3v) is 5.91. The number of aryl methyl sites for hydroxylation is 1. The Balaban J connectivity index is 1.68. The highest BCUT2D eigenvalue weighted by Gasteiger charge is 2.14. The van der Waals surface area contributed by atoms with Gasteiger partial charge in [-0.25, -0.2) is 0 Å². The van der Waals surface area contributed by atoms with Crippen LogP contribution in [0.2, 0.25) is 10.0 Å². The van der Waals surface area contributed by atoms with Crippen LogP contribution in [0.3, 0.4) is 0 Å². The van der Waals surface area contributed by atoms with Crippen molar-refractivity contribution in [2.24, 2.45) is 0 Å². The Kier molecular flexibility index (Phi) is 7.10. The van der Waals surface area contributed by atoms with Gasteiger partial charge in [0.2, 0.25) is 0 Å². The smallest absolute Gasteiger partial charge is 0.191 e. The zero-order valence-electron chi connectivity index (χ0n) is 15.9. The first-order chi connectivity index (χ1) is 13.5. The maximum Gasteiger partial charge on any atom is 0.191 e. The first-order valence-corrected chi connectivity index (χ1v) is 10.5. The maximum absolute atomic E-state index is 6.09. The van der Waals surface area contributed by atoms with E-state index in [-0.39, 0.29) is 0 Å². The summed E-state index contributed by atoms with van der Waals surface area (Å²) in [6.45, 7) is 5.13. The minimum Gasteiger partial charge on any atom is -0.493 e. The molecule has 1 aromatic heterocycles. The molecule has 0 radical (unpaired) electrons. The molecule has 148 valence electrons. The standard InChI is InChI=1S/C20H21Cl2N3O2S/c1-4-25-19(11-27-17-8-5-13(2)9-18(17)26-3)23-24-20(25)28-12-14-6-7-15(21)16(22)10-14/h5-10H,4,11-12H2,1-3H3. The molecule has 0 N–H and O–H groups in total. The summed E-state index contributed by atoms with van der Waals surface area (Å²) in [5.41, 5.74) is 2.19. The van der Waals surface area contributed by atoms with Crippen LogP contribution >= 0.6 is 35.0 Å². The van der Waals surface area contributed by atoms with Crippen molar-refractivity contribution in [3.8, 4) is 11.5 Å². The highest BCUT2D eigenvalue weighted by Crippen LogP contribution is 2.30. The quantitative estimate of drug-likeness (QED) is 0.417. The molecule has 0 atom stereocenters. The Morgan fingerprint density at radius 2 is 1.86 bits per heavy atom. The molecule has 0 saturated heterocycles. The van der Waals surface area contributed by atoms with Gasteiger partial charge >= 0.3 is 0 Å². The summed E-state index contributed by atoms with van der Waals surface area (Å²) in [5.74, 6) is 2.88. The minimum absolute atomic E-state index is 0.313. The summed E-state index contributed by atoms with van der Waals surface area (Å²) in [5, 5.41) is 10.6. The Labute approximate surface area is 179 Å². The number of aromatic nitrogens is 3. The molecule has 5 nitrogen and oxygen atoms in total. The molecule has 0 unspecified atom stereocenters. The summed E-state index contributed by atoms with van der Waals surface area (Å²) >= 11 is 13.7. The minimum atomic E-state index is 0.313. The molecule has 0 amide bonds. The van der Waals surface area contributed by atoms with Crippen LogP contribution in [0.25, 0.3) is 0 Å². The molecule has 3 rings (SSSR count). The molecule has 1 heterocycles. The van der Waals surface area contributed by atoms with Gasteiger partial charge in [0, 0.05) is 12.3 Å². The third kappa shape index (κ3) is 4.93. The van der Waals surface area contributed by atoms with E-state index in [1.54, 1.807) is 24.9 Å². The predicted molar refractivity (Wildman–Crippen MR) is 114 cm³/mol. The SMILES string of the molecule is CCn1c(COc2ccc(C)cc2OC)nnc1SCc1ccc(Cl)c(Cl)c1. The number of ether oxygens (including phenoxy) is 2. The molecule has 2 aromatic carbocycles. The fraction of sp³-hybridized carbons (Fsp3) is 0.300. The van der Waals surface area contributed by atoms with Gasteiger partial charge in [-0.05, 0) is 49.2 Å². The van der Waals surface area contributed by atoms with Crippen LogP contribution in [0.15, 0.2) is 41.6 Å².